The van der Waals surface area contributed by atoms with E-state index >= 15 is 0 Å². The third kappa shape index (κ3) is 5.09. The van der Waals surface area contributed by atoms with Crippen LogP contribution >= 0.6 is 11.8 Å². The number of halogens is 1. The number of ether oxygens (including phenoxy) is 1. The van der Waals surface area contributed by atoms with Gasteiger partial charge in [-0.2, -0.15) is 0 Å². The molecule has 1 aromatic heterocycles. The molecular formula is C20H17FN4O4S. The summed E-state index contributed by atoms with van der Waals surface area (Å²) in [6.07, 6.45) is 1.64. The van der Waals surface area contributed by atoms with Crippen molar-refractivity contribution in [2.75, 3.05) is 5.75 Å². The first-order chi connectivity index (χ1) is 14.5. The maximum atomic E-state index is 13.7. The number of nitro benzene ring substituents is 1. The Bertz CT molecular complexity index is 1090. The fraction of sp³-hybridized carbons (Fsp3) is 0.150. The highest BCUT2D eigenvalue weighted by Gasteiger charge is 2.17. The van der Waals surface area contributed by atoms with E-state index in [2.05, 4.69) is 16.8 Å². The molecule has 1 heterocycles. The van der Waals surface area contributed by atoms with E-state index in [9.17, 15) is 19.3 Å². The largest absolute Gasteiger partial charge is 0.483 e. The second-order valence-electron chi connectivity index (χ2n) is 6.04. The van der Waals surface area contributed by atoms with Crippen molar-refractivity contribution >= 4 is 23.2 Å². The lowest BCUT2D eigenvalue weighted by atomic mass is 10.1. The van der Waals surface area contributed by atoms with Crippen molar-refractivity contribution in [3.8, 4) is 5.75 Å². The van der Waals surface area contributed by atoms with Crippen molar-refractivity contribution in [2.24, 2.45) is 0 Å². The molecule has 0 aliphatic rings. The van der Waals surface area contributed by atoms with Gasteiger partial charge >= 0.3 is 0 Å². The number of non-ortho nitro benzene ring substituents is 1. The first-order valence-corrected chi connectivity index (χ1v) is 9.79. The predicted molar refractivity (Wildman–Crippen MR) is 109 cm³/mol. The summed E-state index contributed by atoms with van der Waals surface area (Å²) in [6.45, 7) is 4.06. The lowest BCUT2D eigenvalue weighted by Gasteiger charge is -2.09. The topological polar surface area (TPSA) is 100 Å². The predicted octanol–water partition coefficient (Wildman–Crippen LogP) is 4.07. The third-order valence-corrected chi connectivity index (χ3v) is 4.98. The molecule has 154 valence electrons. The molecule has 0 saturated heterocycles. The molecule has 0 aliphatic heterocycles. The Morgan fingerprint density at radius 1 is 1.27 bits per heavy atom. The lowest BCUT2D eigenvalue weighted by molar-refractivity contribution is -0.384. The summed E-state index contributed by atoms with van der Waals surface area (Å²) in [5, 5.41) is 19.5. The van der Waals surface area contributed by atoms with Crippen LogP contribution in [0, 0.1) is 15.9 Å². The molecule has 0 atom stereocenters. The van der Waals surface area contributed by atoms with Gasteiger partial charge in [-0.3, -0.25) is 19.5 Å². The van der Waals surface area contributed by atoms with Crippen molar-refractivity contribution in [1.82, 2.24) is 14.8 Å². The second-order valence-corrected chi connectivity index (χ2v) is 6.98. The molecule has 3 rings (SSSR count). The normalized spacial score (nSPS) is 10.6. The standard InChI is InChI=1S/C20H17FN4O4S/c1-2-10-24-19(12-29-18-9-4-3-8-16(18)21)22-23-20(24)30-13-17(26)14-6-5-7-15(11-14)25(27)28/h2-9,11H,1,10,12-13H2. The molecule has 8 nitrogen and oxygen atoms in total. The molecule has 0 saturated carbocycles. The van der Waals surface area contributed by atoms with E-state index in [1.54, 1.807) is 22.8 Å². The molecule has 0 unspecified atom stereocenters. The second kappa shape index (κ2) is 9.79. The zero-order valence-corrected chi connectivity index (χ0v) is 16.5. The van der Waals surface area contributed by atoms with Gasteiger partial charge in [0.2, 0.25) is 0 Å². The van der Waals surface area contributed by atoms with E-state index in [1.165, 1.54) is 36.4 Å². The summed E-state index contributed by atoms with van der Waals surface area (Å²) in [5.74, 6) is -0.195. The minimum absolute atomic E-state index is 0.0127. The highest BCUT2D eigenvalue weighted by Crippen LogP contribution is 2.22. The maximum Gasteiger partial charge on any atom is 0.270 e. The fourth-order valence-electron chi connectivity index (χ4n) is 2.56. The zero-order chi connectivity index (χ0) is 21.5. The van der Waals surface area contributed by atoms with Crippen molar-refractivity contribution < 1.29 is 18.8 Å². The number of allylic oxidation sites excluding steroid dienone is 1. The quantitative estimate of drug-likeness (QED) is 0.158. The van der Waals surface area contributed by atoms with Crippen LogP contribution in [0.2, 0.25) is 0 Å². The van der Waals surface area contributed by atoms with Gasteiger partial charge in [-0.15, -0.1) is 16.8 Å². The molecule has 10 heteroatoms. The van der Waals surface area contributed by atoms with E-state index < -0.39 is 10.7 Å². The van der Waals surface area contributed by atoms with Crippen LogP contribution in [0.1, 0.15) is 16.2 Å². The smallest absolute Gasteiger partial charge is 0.270 e. The Morgan fingerprint density at radius 3 is 2.80 bits per heavy atom. The average Bonchev–Trinajstić information content (AvgIpc) is 3.13. The number of rotatable bonds is 10. The van der Waals surface area contributed by atoms with Gasteiger partial charge in [0, 0.05) is 24.2 Å². The van der Waals surface area contributed by atoms with Crippen LogP contribution in [-0.4, -0.2) is 31.2 Å². The van der Waals surface area contributed by atoms with E-state index in [0.29, 0.717) is 17.5 Å². The Hall–Kier alpha value is -3.53. The Labute approximate surface area is 175 Å². The molecule has 0 radical (unpaired) electrons. The van der Waals surface area contributed by atoms with Gasteiger partial charge < -0.3 is 4.74 Å². The van der Waals surface area contributed by atoms with Crippen LogP contribution in [0.4, 0.5) is 10.1 Å². The van der Waals surface area contributed by atoms with E-state index in [1.807, 2.05) is 0 Å². The first-order valence-electron chi connectivity index (χ1n) is 8.80. The van der Waals surface area contributed by atoms with Gasteiger partial charge in [-0.1, -0.05) is 42.1 Å². The number of hydrogen-bond donors (Lipinski definition) is 0. The molecule has 3 aromatic rings. The SMILES string of the molecule is C=CCn1c(COc2ccccc2F)nnc1SCC(=O)c1cccc([N+](=O)[O-])c1. The summed E-state index contributed by atoms with van der Waals surface area (Å²) < 4.78 is 20.9. The highest BCUT2D eigenvalue weighted by atomic mass is 32.2. The number of thioether (sulfide) groups is 1. The van der Waals surface area contributed by atoms with Gasteiger partial charge in [0.15, 0.2) is 28.3 Å². The Morgan fingerprint density at radius 2 is 2.07 bits per heavy atom. The fourth-order valence-corrected chi connectivity index (χ4v) is 3.42. The van der Waals surface area contributed by atoms with Gasteiger partial charge in [-0.05, 0) is 12.1 Å². The molecule has 0 fully saturated rings. The van der Waals surface area contributed by atoms with Crippen LogP contribution < -0.4 is 4.74 Å². The van der Waals surface area contributed by atoms with Crippen molar-refractivity contribution in [2.45, 2.75) is 18.3 Å². The van der Waals surface area contributed by atoms with Crippen LogP contribution in [0.3, 0.4) is 0 Å². The van der Waals surface area contributed by atoms with E-state index in [-0.39, 0.29) is 35.1 Å². The number of hydrogen-bond acceptors (Lipinski definition) is 7. The van der Waals surface area contributed by atoms with Gasteiger partial charge in [0.25, 0.3) is 5.69 Å². The minimum Gasteiger partial charge on any atom is -0.483 e. The number of para-hydroxylation sites is 1. The van der Waals surface area contributed by atoms with Crippen molar-refractivity contribution in [1.29, 1.82) is 0 Å². The van der Waals surface area contributed by atoms with Crippen LogP contribution in [-0.2, 0) is 13.2 Å². The Kier molecular flexibility index (Phi) is 6.91. The third-order valence-electron chi connectivity index (χ3n) is 4.01. The van der Waals surface area contributed by atoms with Crippen molar-refractivity contribution in [3.05, 3.63) is 88.5 Å². The van der Waals surface area contributed by atoms with Gasteiger partial charge in [-0.25, -0.2) is 4.39 Å². The molecular weight excluding hydrogens is 411 g/mol. The summed E-state index contributed by atoms with van der Waals surface area (Å²) in [4.78, 5) is 22.8. The molecule has 0 spiro atoms. The number of aromatic nitrogens is 3. The van der Waals surface area contributed by atoms with Crippen LogP contribution in [0.5, 0.6) is 5.75 Å². The molecule has 0 amide bonds. The van der Waals surface area contributed by atoms with Gasteiger partial charge in [0.1, 0.15) is 6.61 Å². The number of nitrogens with zero attached hydrogens (tertiary/aromatic N) is 4. The van der Waals surface area contributed by atoms with E-state index in [4.69, 9.17) is 4.74 Å². The van der Waals surface area contributed by atoms with Crippen LogP contribution in [0.15, 0.2) is 66.3 Å². The number of ketones is 1. The first kappa shape index (κ1) is 21.2. The minimum atomic E-state index is -0.549. The highest BCUT2D eigenvalue weighted by molar-refractivity contribution is 7.99. The summed E-state index contributed by atoms with van der Waals surface area (Å²) in [5.41, 5.74) is 0.0999. The number of carbonyl (C=O) groups excluding carboxylic acids is 1. The number of carbonyl (C=O) groups is 1. The monoisotopic (exact) mass is 428 g/mol. The molecule has 2 aromatic carbocycles. The number of Topliss-reactive ketones (excluding diaryl/α,β-unsaturated/α-hetero) is 1. The van der Waals surface area contributed by atoms with Crippen molar-refractivity contribution in [3.63, 3.8) is 0 Å². The Balaban J connectivity index is 1.69. The molecule has 0 N–H and O–H groups in total. The summed E-state index contributed by atoms with van der Waals surface area (Å²) in [7, 11) is 0. The lowest BCUT2D eigenvalue weighted by Crippen LogP contribution is -2.09. The summed E-state index contributed by atoms with van der Waals surface area (Å²) in [6, 6.07) is 11.6. The van der Waals surface area contributed by atoms with Gasteiger partial charge in [0.05, 0.1) is 10.7 Å². The number of nitro groups is 1. The average molecular weight is 428 g/mol. The van der Waals surface area contributed by atoms with E-state index in [0.717, 1.165) is 11.8 Å². The molecule has 0 bridgehead atoms. The summed E-state index contributed by atoms with van der Waals surface area (Å²) >= 11 is 1.14. The molecule has 0 aliphatic carbocycles. The van der Waals surface area contributed by atoms with Crippen LogP contribution in [0.25, 0.3) is 0 Å². The number of benzene rings is 2. The molecule has 30 heavy (non-hydrogen) atoms. The maximum absolute atomic E-state index is 13.7. The zero-order valence-electron chi connectivity index (χ0n) is 15.7.